The van der Waals surface area contributed by atoms with E-state index in [1.54, 1.807) is 42.0 Å². The Morgan fingerprint density at radius 3 is 2.67 bits per heavy atom. The minimum atomic E-state index is -0.188. The van der Waals surface area contributed by atoms with E-state index in [9.17, 15) is 9.59 Å². The van der Waals surface area contributed by atoms with Crippen LogP contribution >= 0.6 is 11.8 Å². The second-order valence-corrected chi connectivity index (χ2v) is 8.35. The number of carbonyl (C=O) groups is 2. The molecule has 0 fully saturated rings. The third-order valence-electron chi connectivity index (χ3n) is 4.77. The van der Waals surface area contributed by atoms with Crippen molar-refractivity contribution in [3.8, 4) is 5.75 Å². The lowest BCUT2D eigenvalue weighted by Crippen LogP contribution is -2.18. The lowest BCUT2D eigenvalue weighted by Gasteiger charge is -2.10. The van der Waals surface area contributed by atoms with E-state index in [4.69, 9.17) is 4.74 Å². The fourth-order valence-corrected chi connectivity index (χ4v) is 3.96. The van der Waals surface area contributed by atoms with Crippen molar-refractivity contribution in [3.63, 3.8) is 0 Å². The molecule has 3 aromatic rings. The second-order valence-electron chi connectivity index (χ2n) is 7.41. The summed E-state index contributed by atoms with van der Waals surface area (Å²) in [5, 5.41) is 14.7. The number of nitrogens with one attached hydrogen (secondary N) is 2. The zero-order chi connectivity index (χ0) is 23.8. The Bertz CT molecular complexity index is 1160. The number of anilines is 2. The number of methoxy groups -OCH3 is 1. The molecule has 0 atom stereocenters. The third-order valence-corrected chi connectivity index (χ3v) is 5.73. The molecule has 0 radical (unpaired) electrons. The van der Waals surface area contributed by atoms with Gasteiger partial charge in [-0.25, -0.2) is 0 Å². The van der Waals surface area contributed by atoms with Gasteiger partial charge in [0.25, 0.3) is 0 Å². The van der Waals surface area contributed by atoms with Crippen LogP contribution in [0.1, 0.15) is 17.0 Å². The van der Waals surface area contributed by atoms with E-state index in [2.05, 4.69) is 27.4 Å². The minimum absolute atomic E-state index is 0.0602. The highest BCUT2D eigenvalue weighted by Gasteiger charge is 2.17. The number of benzene rings is 2. The van der Waals surface area contributed by atoms with Crippen molar-refractivity contribution in [2.75, 3.05) is 23.5 Å². The number of carbonyl (C=O) groups excluding carboxylic acids is 2. The van der Waals surface area contributed by atoms with Crippen molar-refractivity contribution in [2.24, 2.45) is 0 Å². The Labute approximate surface area is 197 Å². The van der Waals surface area contributed by atoms with E-state index in [-0.39, 0.29) is 24.0 Å². The van der Waals surface area contributed by atoms with Crippen molar-refractivity contribution in [2.45, 2.75) is 32.0 Å². The van der Waals surface area contributed by atoms with E-state index >= 15 is 0 Å². The molecular weight excluding hydrogens is 438 g/mol. The van der Waals surface area contributed by atoms with Gasteiger partial charge >= 0.3 is 0 Å². The molecule has 0 aliphatic rings. The lowest BCUT2D eigenvalue weighted by molar-refractivity contribution is -0.116. The number of aryl methyl sites for hydroxylation is 2. The van der Waals surface area contributed by atoms with Crippen LogP contribution < -0.4 is 15.4 Å². The molecule has 1 aromatic heterocycles. The molecule has 8 nitrogen and oxygen atoms in total. The molecule has 0 aliphatic carbocycles. The van der Waals surface area contributed by atoms with Gasteiger partial charge in [-0.15, -0.1) is 16.8 Å². The molecule has 1 heterocycles. The summed E-state index contributed by atoms with van der Waals surface area (Å²) in [5.41, 5.74) is 3.54. The van der Waals surface area contributed by atoms with Crippen LogP contribution in [0.2, 0.25) is 0 Å². The molecule has 33 heavy (non-hydrogen) atoms. The summed E-state index contributed by atoms with van der Waals surface area (Å²) in [5.74, 6) is 0.937. The van der Waals surface area contributed by atoms with Crippen LogP contribution in [0, 0.1) is 13.8 Å². The minimum Gasteiger partial charge on any atom is -0.497 e. The van der Waals surface area contributed by atoms with Crippen LogP contribution in [0.4, 0.5) is 11.4 Å². The molecule has 172 valence electrons. The average Bonchev–Trinajstić information content (AvgIpc) is 3.15. The van der Waals surface area contributed by atoms with E-state index < -0.39 is 0 Å². The first-order chi connectivity index (χ1) is 15.9. The number of aromatic nitrogens is 3. The standard InChI is InChI=1S/C24H27N5O3S/c1-5-11-29-21(14-22(30)26-20-10-9-16(2)12-17(20)3)27-28-24(29)33-15-23(31)25-18-7-6-8-19(13-18)32-4/h5-10,12-13H,1,11,14-15H2,2-4H3,(H,25,31)(H,26,30). The molecule has 2 amide bonds. The van der Waals surface area contributed by atoms with Gasteiger partial charge < -0.3 is 19.9 Å². The van der Waals surface area contributed by atoms with Gasteiger partial charge in [-0.3, -0.25) is 9.59 Å². The van der Waals surface area contributed by atoms with E-state index in [1.807, 2.05) is 32.0 Å². The molecule has 0 saturated heterocycles. The fourth-order valence-electron chi connectivity index (χ4n) is 3.19. The number of hydrogen-bond acceptors (Lipinski definition) is 6. The number of amides is 2. The van der Waals surface area contributed by atoms with Gasteiger partial charge in [0.05, 0.1) is 19.3 Å². The van der Waals surface area contributed by atoms with Crippen LogP contribution in [-0.4, -0.2) is 39.4 Å². The number of ether oxygens (including phenoxy) is 1. The number of allylic oxidation sites excluding steroid dienone is 1. The first kappa shape index (κ1) is 24.1. The first-order valence-corrected chi connectivity index (χ1v) is 11.3. The van der Waals surface area contributed by atoms with E-state index in [0.717, 1.165) is 16.8 Å². The zero-order valence-corrected chi connectivity index (χ0v) is 19.7. The summed E-state index contributed by atoms with van der Waals surface area (Å²) in [6, 6.07) is 13.0. The van der Waals surface area contributed by atoms with Gasteiger partial charge in [0.15, 0.2) is 5.16 Å². The summed E-state index contributed by atoms with van der Waals surface area (Å²) in [6.45, 7) is 8.16. The lowest BCUT2D eigenvalue weighted by atomic mass is 10.1. The first-order valence-electron chi connectivity index (χ1n) is 10.4. The molecule has 2 aromatic carbocycles. The van der Waals surface area contributed by atoms with Crippen molar-refractivity contribution in [1.29, 1.82) is 0 Å². The monoisotopic (exact) mass is 465 g/mol. The summed E-state index contributed by atoms with van der Waals surface area (Å²) in [7, 11) is 1.57. The van der Waals surface area contributed by atoms with Crippen molar-refractivity contribution < 1.29 is 14.3 Å². The smallest absolute Gasteiger partial charge is 0.234 e. The number of hydrogen-bond donors (Lipinski definition) is 2. The summed E-state index contributed by atoms with van der Waals surface area (Å²) in [4.78, 5) is 25.0. The number of nitrogens with zero attached hydrogens (tertiary/aromatic N) is 3. The molecule has 0 aliphatic heterocycles. The molecular formula is C24H27N5O3S. The Hall–Kier alpha value is -3.59. The van der Waals surface area contributed by atoms with Crippen LogP contribution in [0.5, 0.6) is 5.75 Å². The maximum absolute atomic E-state index is 12.6. The Kier molecular flexibility index (Phi) is 8.26. The zero-order valence-electron chi connectivity index (χ0n) is 18.9. The molecule has 3 rings (SSSR count). The van der Waals surface area contributed by atoms with Crippen LogP contribution in [0.3, 0.4) is 0 Å². The SMILES string of the molecule is C=CCn1c(CC(=O)Nc2ccc(C)cc2C)nnc1SCC(=O)Nc1cccc(OC)c1. The Morgan fingerprint density at radius 2 is 1.94 bits per heavy atom. The topological polar surface area (TPSA) is 98.1 Å². The van der Waals surface area contributed by atoms with E-state index in [1.165, 1.54) is 11.8 Å². The van der Waals surface area contributed by atoms with Crippen LogP contribution in [0.25, 0.3) is 0 Å². The fraction of sp³-hybridized carbons (Fsp3) is 0.250. The van der Waals surface area contributed by atoms with Crippen LogP contribution in [-0.2, 0) is 22.6 Å². The number of rotatable bonds is 10. The van der Waals surface area contributed by atoms with Gasteiger partial charge in [-0.2, -0.15) is 0 Å². The van der Waals surface area contributed by atoms with Crippen molar-refractivity contribution in [1.82, 2.24) is 14.8 Å². The largest absolute Gasteiger partial charge is 0.497 e. The van der Waals surface area contributed by atoms with Crippen molar-refractivity contribution in [3.05, 3.63) is 72.1 Å². The highest BCUT2D eigenvalue weighted by atomic mass is 32.2. The highest BCUT2D eigenvalue weighted by Crippen LogP contribution is 2.21. The van der Waals surface area contributed by atoms with Crippen molar-refractivity contribution >= 4 is 35.0 Å². The predicted molar refractivity (Wildman–Crippen MR) is 131 cm³/mol. The summed E-state index contributed by atoms with van der Waals surface area (Å²) in [6.07, 6.45) is 1.76. The van der Waals surface area contributed by atoms with Gasteiger partial charge in [-0.05, 0) is 37.6 Å². The molecule has 0 unspecified atom stereocenters. The maximum atomic E-state index is 12.6. The third kappa shape index (κ3) is 6.69. The van der Waals surface area contributed by atoms with Gasteiger partial charge in [-0.1, -0.05) is 41.6 Å². The summed E-state index contributed by atoms with van der Waals surface area (Å²) >= 11 is 1.25. The molecule has 0 bridgehead atoms. The molecule has 9 heteroatoms. The van der Waals surface area contributed by atoms with Gasteiger partial charge in [0.2, 0.25) is 11.8 Å². The average molecular weight is 466 g/mol. The second kappa shape index (κ2) is 11.3. The molecule has 0 spiro atoms. The summed E-state index contributed by atoms with van der Waals surface area (Å²) < 4.78 is 6.96. The van der Waals surface area contributed by atoms with E-state index in [0.29, 0.717) is 29.0 Å². The normalized spacial score (nSPS) is 10.5. The van der Waals surface area contributed by atoms with Gasteiger partial charge in [0, 0.05) is 24.0 Å². The van der Waals surface area contributed by atoms with Gasteiger partial charge in [0.1, 0.15) is 11.6 Å². The Balaban J connectivity index is 1.62. The number of thioether (sulfide) groups is 1. The highest BCUT2D eigenvalue weighted by molar-refractivity contribution is 7.99. The predicted octanol–water partition coefficient (Wildman–Crippen LogP) is 4.00. The Morgan fingerprint density at radius 1 is 1.12 bits per heavy atom. The van der Waals surface area contributed by atoms with Crippen LogP contribution in [0.15, 0.2) is 60.3 Å². The quantitative estimate of drug-likeness (QED) is 0.347. The molecule has 2 N–H and O–H groups in total. The molecule has 0 saturated carbocycles. The maximum Gasteiger partial charge on any atom is 0.234 e.